The van der Waals surface area contributed by atoms with E-state index in [2.05, 4.69) is 52.2 Å². The average molecular weight is 646 g/mol. The third-order valence-corrected chi connectivity index (χ3v) is 7.21. The van der Waals surface area contributed by atoms with Crippen LogP contribution in [0.2, 0.25) is 0 Å². The van der Waals surface area contributed by atoms with Gasteiger partial charge in [0, 0.05) is 0 Å². The number of nitrogens with zero attached hydrogens (tertiary/aromatic N) is 1. The molecule has 0 bridgehead atoms. The fraction of sp³-hybridized carbons (Fsp3) is 0.156. The Kier molecular flexibility index (Phi) is 7.88. The lowest BCUT2D eigenvalue weighted by Crippen LogP contribution is -2.54. The van der Waals surface area contributed by atoms with Crippen molar-refractivity contribution in [1.82, 2.24) is 5.32 Å². The summed E-state index contributed by atoms with van der Waals surface area (Å²) in [7, 11) is 0. The number of barbiturate groups is 1. The topological polar surface area (TPSA) is 84.9 Å². The van der Waals surface area contributed by atoms with Crippen LogP contribution in [0.3, 0.4) is 0 Å². The molecular formula is C32H27IN2O5. The van der Waals surface area contributed by atoms with Crippen molar-refractivity contribution in [2.45, 2.75) is 27.4 Å². The van der Waals surface area contributed by atoms with Crippen LogP contribution >= 0.6 is 22.6 Å². The van der Waals surface area contributed by atoms with E-state index in [1.165, 1.54) is 6.08 Å². The first-order valence-electron chi connectivity index (χ1n) is 12.8. The van der Waals surface area contributed by atoms with Gasteiger partial charge >= 0.3 is 6.03 Å². The summed E-state index contributed by atoms with van der Waals surface area (Å²) in [5, 5.41) is 4.58. The minimum atomic E-state index is -0.779. The quantitative estimate of drug-likeness (QED) is 0.137. The number of carbonyl (C=O) groups is 3. The van der Waals surface area contributed by atoms with Crippen molar-refractivity contribution in [3.05, 3.63) is 104 Å². The summed E-state index contributed by atoms with van der Waals surface area (Å²) in [6, 6.07) is 22.5. The Hall–Kier alpha value is -4.18. The Morgan fingerprint density at radius 1 is 0.875 bits per heavy atom. The molecule has 4 aromatic carbocycles. The second kappa shape index (κ2) is 11.5. The van der Waals surface area contributed by atoms with Gasteiger partial charge in [-0.25, -0.2) is 9.69 Å². The van der Waals surface area contributed by atoms with Crippen LogP contribution in [-0.4, -0.2) is 24.5 Å². The Balaban J connectivity index is 1.45. The molecule has 1 fully saturated rings. The number of imide groups is 2. The predicted molar refractivity (Wildman–Crippen MR) is 164 cm³/mol. The molecule has 7 nitrogen and oxygen atoms in total. The Bertz CT molecular complexity index is 1670. The fourth-order valence-electron chi connectivity index (χ4n) is 4.70. The summed E-state index contributed by atoms with van der Waals surface area (Å²) in [6.45, 7) is 6.37. The minimum absolute atomic E-state index is 0.151. The molecule has 0 unspecified atom stereocenters. The van der Waals surface area contributed by atoms with Gasteiger partial charge in [0.05, 0.1) is 15.9 Å². The molecule has 1 N–H and O–H groups in total. The largest absolute Gasteiger partial charge is 0.490 e. The summed E-state index contributed by atoms with van der Waals surface area (Å²) in [5.41, 5.74) is 3.63. The van der Waals surface area contributed by atoms with Crippen LogP contribution in [-0.2, 0) is 16.2 Å². The molecule has 8 heteroatoms. The first kappa shape index (κ1) is 27.4. The number of amides is 4. The van der Waals surface area contributed by atoms with Crippen LogP contribution < -0.4 is 19.7 Å². The molecule has 0 saturated carbocycles. The number of hydrogen-bond acceptors (Lipinski definition) is 5. The lowest BCUT2D eigenvalue weighted by molar-refractivity contribution is -0.122. The zero-order valence-corrected chi connectivity index (χ0v) is 24.4. The highest BCUT2D eigenvalue weighted by atomic mass is 127. The van der Waals surface area contributed by atoms with E-state index in [4.69, 9.17) is 9.47 Å². The number of halogens is 1. The van der Waals surface area contributed by atoms with E-state index >= 15 is 0 Å². The molecule has 0 spiro atoms. The maximum atomic E-state index is 13.4. The zero-order valence-electron chi connectivity index (χ0n) is 22.3. The van der Waals surface area contributed by atoms with Gasteiger partial charge in [0.2, 0.25) is 0 Å². The van der Waals surface area contributed by atoms with Crippen LogP contribution in [0, 0.1) is 17.4 Å². The molecule has 202 valence electrons. The number of ether oxygens (including phenoxy) is 2. The second-order valence-corrected chi connectivity index (χ2v) is 10.7. The summed E-state index contributed by atoms with van der Waals surface area (Å²) in [4.78, 5) is 39.8. The summed E-state index contributed by atoms with van der Waals surface area (Å²) in [6.07, 6.45) is 1.47. The van der Waals surface area contributed by atoms with Gasteiger partial charge in [-0.2, -0.15) is 0 Å². The van der Waals surface area contributed by atoms with Gasteiger partial charge in [0.1, 0.15) is 12.2 Å². The van der Waals surface area contributed by atoms with Crippen LogP contribution in [0.5, 0.6) is 11.5 Å². The third kappa shape index (κ3) is 5.72. The van der Waals surface area contributed by atoms with Crippen LogP contribution in [0.15, 0.2) is 78.4 Å². The lowest BCUT2D eigenvalue weighted by atomic mass is 10.0. The van der Waals surface area contributed by atoms with Crippen molar-refractivity contribution >= 4 is 63.0 Å². The summed E-state index contributed by atoms with van der Waals surface area (Å²) >= 11 is 2.15. The van der Waals surface area contributed by atoms with E-state index in [1.54, 1.807) is 18.2 Å². The van der Waals surface area contributed by atoms with E-state index in [-0.39, 0.29) is 5.57 Å². The van der Waals surface area contributed by atoms with Crippen LogP contribution in [0.25, 0.3) is 16.8 Å². The van der Waals surface area contributed by atoms with E-state index in [0.717, 1.165) is 35.9 Å². The monoisotopic (exact) mass is 646 g/mol. The van der Waals surface area contributed by atoms with Crippen LogP contribution in [0.4, 0.5) is 10.5 Å². The smallest absolute Gasteiger partial charge is 0.335 e. The van der Waals surface area contributed by atoms with Crippen molar-refractivity contribution in [1.29, 1.82) is 0 Å². The number of nitrogens with one attached hydrogen (secondary N) is 1. The first-order chi connectivity index (χ1) is 19.2. The number of urea groups is 1. The third-order valence-electron chi connectivity index (χ3n) is 6.41. The number of carbonyl (C=O) groups excluding carboxylic acids is 3. The van der Waals surface area contributed by atoms with Crippen LogP contribution in [0.1, 0.15) is 29.2 Å². The Labute approximate surface area is 245 Å². The van der Waals surface area contributed by atoms with Crippen molar-refractivity contribution < 1.29 is 23.9 Å². The van der Waals surface area contributed by atoms with Gasteiger partial charge in [-0.15, -0.1) is 0 Å². The molecule has 0 radical (unpaired) electrons. The Morgan fingerprint density at radius 3 is 2.33 bits per heavy atom. The van der Waals surface area contributed by atoms with Gasteiger partial charge in [-0.05, 0) is 113 Å². The van der Waals surface area contributed by atoms with Crippen molar-refractivity contribution in [3.8, 4) is 11.5 Å². The highest BCUT2D eigenvalue weighted by Gasteiger charge is 2.37. The molecule has 1 saturated heterocycles. The fourth-order valence-corrected chi connectivity index (χ4v) is 5.48. The number of aryl methyl sites for hydroxylation is 2. The van der Waals surface area contributed by atoms with E-state index in [1.807, 2.05) is 51.1 Å². The lowest BCUT2D eigenvalue weighted by Gasteiger charge is -2.27. The molecule has 0 atom stereocenters. The maximum Gasteiger partial charge on any atom is 0.335 e. The minimum Gasteiger partial charge on any atom is -0.490 e. The van der Waals surface area contributed by atoms with Gasteiger partial charge in [0.15, 0.2) is 11.5 Å². The van der Waals surface area contributed by atoms with E-state index in [0.29, 0.717) is 36.0 Å². The number of benzene rings is 4. The normalized spacial score (nSPS) is 14.6. The first-order valence-corrected chi connectivity index (χ1v) is 13.9. The zero-order chi connectivity index (χ0) is 28.4. The Morgan fingerprint density at radius 2 is 1.60 bits per heavy atom. The van der Waals surface area contributed by atoms with Crippen molar-refractivity contribution in [2.75, 3.05) is 11.5 Å². The van der Waals surface area contributed by atoms with Crippen molar-refractivity contribution in [3.63, 3.8) is 0 Å². The van der Waals surface area contributed by atoms with Crippen molar-refractivity contribution in [2.24, 2.45) is 0 Å². The number of rotatable bonds is 7. The molecule has 4 aromatic rings. The maximum absolute atomic E-state index is 13.4. The van der Waals surface area contributed by atoms with Gasteiger partial charge in [0.25, 0.3) is 11.8 Å². The molecule has 40 heavy (non-hydrogen) atoms. The molecule has 1 aliphatic heterocycles. The highest BCUT2D eigenvalue weighted by molar-refractivity contribution is 14.1. The van der Waals surface area contributed by atoms with E-state index in [9.17, 15) is 14.4 Å². The van der Waals surface area contributed by atoms with Gasteiger partial charge in [-0.1, -0.05) is 42.5 Å². The average Bonchev–Trinajstić information content (AvgIpc) is 2.90. The molecule has 0 aliphatic carbocycles. The molecule has 4 amide bonds. The standard InChI is InChI=1S/C32H27IN2O5/c1-4-39-28-17-22(16-27(33)29(28)40-18-21-9-10-23-7-5-6-8-24(23)14-21)15-26-30(36)34-32(38)35(31(26)37)25-12-19(2)11-20(3)13-25/h5-17H,4,18H2,1-3H3,(H,34,36,38)/b26-15+. The number of fused-ring (bicyclic) bond motifs is 1. The molecule has 0 aromatic heterocycles. The van der Waals surface area contributed by atoms with E-state index < -0.39 is 17.8 Å². The summed E-state index contributed by atoms with van der Waals surface area (Å²) in [5.74, 6) is -0.374. The molecule has 1 heterocycles. The van der Waals surface area contributed by atoms with Gasteiger partial charge in [-0.3, -0.25) is 14.9 Å². The second-order valence-electron chi connectivity index (χ2n) is 9.54. The molecule has 5 rings (SSSR count). The SMILES string of the molecule is CCOc1cc(/C=C2\C(=O)NC(=O)N(c3cc(C)cc(C)c3)C2=O)cc(I)c1OCc1ccc2ccccc2c1. The predicted octanol–water partition coefficient (Wildman–Crippen LogP) is 6.71. The summed E-state index contributed by atoms with van der Waals surface area (Å²) < 4.78 is 12.8. The molecular weight excluding hydrogens is 619 g/mol. The molecule has 1 aliphatic rings. The number of anilines is 1. The number of hydrogen-bond donors (Lipinski definition) is 1. The highest BCUT2D eigenvalue weighted by Crippen LogP contribution is 2.36. The van der Waals surface area contributed by atoms with Gasteiger partial charge < -0.3 is 9.47 Å².